The number of carboxylic acid groups (broad SMARTS) is 1. The molecule has 1 N–H and O–H groups in total. The van der Waals surface area contributed by atoms with E-state index in [9.17, 15) is 49.1 Å². The first-order valence-corrected chi connectivity index (χ1v) is 9.12. The van der Waals surface area contributed by atoms with Crippen molar-refractivity contribution in [3.63, 3.8) is 0 Å². The van der Waals surface area contributed by atoms with E-state index >= 15 is 0 Å². The second-order valence-electron chi connectivity index (χ2n) is 7.05. The predicted molar refractivity (Wildman–Crippen MR) is 99.1 cm³/mol. The quantitative estimate of drug-likeness (QED) is 0.326. The molecule has 13 heteroatoms. The van der Waals surface area contributed by atoms with Crippen LogP contribution in [0.4, 0.5) is 39.5 Å². The number of halogens is 9. The van der Waals surface area contributed by atoms with Gasteiger partial charge in [-0.2, -0.15) is 26.3 Å². The predicted octanol–water partition coefficient (Wildman–Crippen LogP) is 5.47. The van der Waals surface area contributed by atoms with Crippen LogP contribution >= 0.6 is 0 Å². The highest BCUT2D eigenvalue weighted by Gasteiger charge is 2.38. The Bertz CT molecular complexity index is 1070. The van der Waals surface area contributed by atoms with Gasteiger partial charge in [0.15, 0.2) is 17.5 Å². The molecule has 2 aromatic carbocycles. The first-order chi connectivity index (χ1) is 15.5. The molecule has 0 fully saturated rings. The van der Waals surface area contributed by atoms with Crippen molar-refractivity contribution in [3.05, 3.63) is 82.2 Å². The van der Waals surface area contributed by atoms with Crippen molar-refractivity contribution in [3.8, 4) is 0 Å². The number of rotatable bonds is 6. The van der Waals surface area contributed by atoms with Crippen molar-refractivity contribution < 1.29 is 54.2 Å². The monoisotopic (exact) mass is 499 g/mol. The lowest BCUT2D eigenvalue weighted by molar-refractivity contribution is -0.143. The summed E-state index contributed by atoms with van der Waals surface area (Å²) >= 11 is 0. The Balaban J connectivity index is 2.51. The highest BCUT2D eigenvalue weighted by molar-refractivity contribution is 5.95. The van der Waals surface area contributed by atoms with E-state index in [0.717, 1.165) is 13.1 Å². The van der Waals surface area contributed by atoms with Gasteiger partial charge in [-0.25, -0.2) is 18.0 Å². The van der Waals surface area contributed by atoms with Gasteiger partial charge >= 0.3 is 18.3 Å². The number of alkyl halides is 6. The molecule has 0 saturated heterocycles. The standard InChI is InChI=1S/C21H14F9NO3/c1-31(14(2-3-17(32)33)4-10-5-15(22)18(24)16(23)6-10)19(34)11-7-12(20(25,26)27)9-13(8-11)21(28,29)30/h2-3,5-9,14H,4H2,1H3,(H,32,33)/t14-/m1/s1. The first kappa shape index (κ1) is 26.7. The van der Waals surface area contributed by atoms with E-state index in [2.05, 4.69) is 0 Å². The molecule has 1 amide bonds. The Morgan fingerprint density at radius 2 is 1.38 bits per heavy atom. The smallest absolute Gasteiger partial charge is 0.416 e. The summed E-state index contributed by atoms with van der Waals surface area (Å²) in [5.74, 6) is -7.90. The van der Waals surface area contributed by atoms with Crippen molar-refractivity contribution in [2.24, 2.45) is 0 Å². The molecule has 0 aliphatic heterocycles. The number of carbonyl (C=O) groups is 2. The van der Waals surface area contributed by atoms with Gasteiger partial charge in [0, 0.05) is 18.7 Å². The third-order valence-corrected chi connectivity index (χ3v) is 4.60. The molecule has 0 aliphatic carbocycles. The number of likely N-dealkylation sites (N-methyl/N-ethyl adjacent to an activating group) is 1. The third kappa shape index (κ3) is 6.51. The van der Waals surface area contributed by atoms with Gasteiger partial charge in [-0.05, 0) is 42.3 Å². The molecule has 2 rings (SSSR count). The Hall–Kier alpha value is -3.51. The normalized spacial score (nSPS) is 13.2. The number of nitrogens with zero attached hydrogens (tertiary/aromatic N) is 1. The van der Waals surface area contributed by atoms with Crippen molar-refractivity contribution in [2.45, 2.75) is 24.8 Å². The Morgan fingerprint density at radius 3 is 1.79 bits per heavy atom. The van der Waals surface area contributed by atoms with Gasteiger partial charge in [-0.3, -0.25) is 4.79 Å². The molecule has 0 aromatic heterocycles. The number of hydrogen-bond donors (Lipinski definition) is 1. The maximum atomic E-state index is 13.5. The summed E-state index contributed by atoms with van der Waals surface area (Å²) in [5, 5.41) is 8.83. The van der Waals surface area contributed by atoms with E-state index in [-0.39, 0.29) is 23.8 Å². The van der Waals surface area contributed by atoms with Crippen LogP contribution in [0.1, 0.15) is 27.0 Å². The van der Waals surface area contributed by atoms with Crippen LogP contribution in [0.2, 0.25) is 0 Å². The summed E-state index contributed by atoms with van der Waals surface area (Å²) in [4.78, 5) is 24.2. The van der Waals surface area contributed by atoms with Crippen LogP contribution in [0.5, 0.6) is 0 Å². The fraction of sp³-hybridized carbons (Fsp3) is 0.238. The van der Waals surface area contributed by atoms with Gasteiger partial charge in [0.2, 0.25) is 0 Å². The van der Waals surface area contributed by atoms with Gasteiger partial charge < -0.3 is 10.0 Å². The number of hydrogen-bond acceptors (Lipinski definition) is 2. The maximum Gasteiger partial charge on any atom is 0.416 e. The van der Waals surface area contributed by atoms with Crippen molar-refractivity contribution >= 4 is 11.9 Å². The summed E-state index contributed by atoms with van der Waals surface area (Å²) < 4.78 is 119. The zero-order valence-electron chi connectivity index (χ0n) is 16.9. The maximum absolute atomic E-state index is 13.5. The number of carbonyl (C=O) groups excluding carboxylic acids is 1. The van der Waals surface area contributed by atoms with Crippen LogP contribution in [0.3, 0.4) is 0 Å². The molecule has 1 atom stereocenters. The molecule has 0 heterocycles. The third-order valence-electron chi connectivity index (χ3n) is 4.60. The van der Waals surface area contributed by atoms with Gasteiger partial charge in [-0.1, -0.05) is 6.08 Å². The van der Waals surface area contributed by atoms with Crippen LogP contribution < -0.4 is 0 Å². The summed E-state index contributed by atoms with van der Waals surface area (Å²) in [6, 6.07) is -0.124. The molecule has 0 spiro atoms. The van der Waals surface area contributed by atoms with Gasteiger partial charge in [0.05, 0.1) is 17.2 Å². The van der Waals surface area contributed by atoms with Crippen LogP contribution in [0.25, 0.3) is 0 Å². The summed E-state index contributed by atoms with van der Waals surface area (Å²) in [5.41, 5.74) is -4.79. The van der Waals surface area contributed by atoms with Crippen LogP contribution in [-0.2, 0) is 23.6 Å². The topological polar surface area (TPSA) is 57.6 Å². The SMILES string of the molecule is CN(C(=O)c1cc(C(F)(F)F)cc(C(F)(F)F)c1)[C@H](C=CC(=O)O)Cc1cc(F)c(F)c(F)c1. The average molecular weight is 499 g/mol. The molecule has 0 bridgehead atoms. The minimum atomic E-state index is -5.22. The molecule has 0 unspecified atom stereocenters. The molecule has 2 aromatic rings. The van der Waals surface area contributed by atoms with Gasteiger partial charge in [-0.15, -0.1) is 0 Å². The van der Waals surface area contributed by atoms with Crippen LogP contribution in [0, 0.1) is 17.5 Å². The molecule has 0 radical (unpaired) electrons. The molecule has 4 nitrogen and oxygen atoms in total. The fourth-order valence-electron chi connectivity index (χ4n) is 2.93. The van der Waals surface area contributed by atoms with Crippen molar-refractivity contribution in [1.29, 1.82) is 0 Å². The fourth-order valence-corrected chi connectivity index (χ4v) is 2.93. The van der Waals surface area contributed by atoms with Gasteiger partial charge in [0.1, 0.15) is 0 Å². The molecule has 184 valence electrons. The van der Waals surface area contributed by atoms with Gasteiger partial charge in [0.25, 0.3) is 5.91 Å². The molecular formula is C21H14F9NO3. The lowest BCUT2D eigenvalue weighted by Crippen LogP contribution is -2.37. The average Bonchev–Trinajstić information content (AvgIpc) is 2.72. The number of carboxylic acids is 1. The molecule has 0 aliphatic rings. The highest BCUT2D eigenvalue weighted by atomic mass is 19.4. The zero-order valence-corrected chi connectivity index (χ0v) is 16.9. The van der Waals surface area contributed by atoms with E-state index in [4.69, 9.17) is 5.11 Å². The van der Waals surface area contributed by atoms with E-state index < -0.39 is 70.8 Å². The first-order valence-electron chi connectivity index (χ1n) is 9.12. The summed E-state index contributed by atoms with van der Waals surface area (Å²) in [6.45, 7) is 0. The Kier molecular flexibility index (Phi) is 7.69. The summed E-state index contributed by atoms with van der Waals surface area (Å²) in [6.07, 6.45) is -9.65. The second-order valence-corrected chi connectivity index (χ2v) is 7.05. The lowest BCUT2D eigenvalue weighted by Gasteiger charge is -2.27. The van der Waals surface area contributed by atoms with Crippen molar-refractivity contribution in [1.82, 2.24) is 4.90 Å². The van der Waals surface area contributed by atoms with E-state index in [0.29, 0.717) is 23.1 Å². The Labute approximate surface area is 185 Å². The largest absolute Gasteiger partial charge is 0.478 e. The van der Waals surface area contributed by atoms with Crippen molar-refractivity contribution in [2.75, 3.05) is 7.05 Å². The van der Waals surface area contributed by atoms with E-state index in [1.54, 1.807) is 0 Å². The lowest BCUT2D eigenvalue weighted by atomic mass is 10.0. The second kappa shape index (κ2) is 9.77. The van der Waals surface area contributed by atoms with E-state index in [1.807, 2.05) is 0 Å². The minimum absolute atomic E-state index is 0.178. The van der Waals surface area contributed by atoms with Crippen LogP contribution in [0.15, 0.2) is 42.5 Å². The molecular weight excluding hydrogens is 485 g/mol. The minimum Gasteiger partial charge on any atom is -0.478 e. The molecule has 0 saturated carbocycles. The number of amides is 1. The summed E-state index contributed by atoms with van der Waals surface area (Å²) in [7, 11) is 0.933. The van der Waals surface area contributed by atoms with Crippen LogP contribution in [-0.4, -0.2) is 35.0 Å². The number of aliphatic carboxylic acids is 1. The molecule has 34 heavy (non-hydrogen) atoms. The Morgan fingerprint density at radius 1 is 0.912 bits per heavy atom. The van der Waals surface area contributed by atoms with E-state index in [1.165, 1.54) is 0 Å². The highest BCUT2D eigenvalue weighted by Crippen LogP contribution is 2.36. The number of benzene rings is 2. The zero-order chi connectivity index (χ0) is 26.0.